The predicted molar refractivity (Wildman–Crippen MR) is 85.8 cm³/mol. The van der Waals surface area contributed by atoms with E-state index in [2.05, 4.69) is 19.2 Å². The van der Waals surface area contributed by atoms with Gasteiger partial charge in [-0.3, -0.25) is 4.79 Å². The fourth-order valence-corrected chi connectivity index (χ4v) is 1.96. The van der Waals surface area contributed by atoms with Gasteiger partial charge >= 0.3 is 0 Å². The van der Waals surface area contributed by atoms with Crippen LogP contribution in [0.1, 0.15) is 25.5 Å². The minimum atomic E-state index is -0.653. The molecule has 0 aliphatic carbocycles. The Morgan fingerprint density at radius 3 is 2.24 bits per heavy atom. The summed E-state index contributed by atoms with van der Waals surface area (Å²) in [7, 11) is 3.15. The Morgan fingerprint density at radius 1 is 1.24 bits per heavy atom. The summed E-state index contributed by atoms with van der Waals surface area (Å²) >= 11 is 0. The van der Waals surface area contributed by atoms with E-state index in [-0.39, 0.29) is 36.9 Å². The Kier molecular flexibility index (Phi) is 9.01. The Bertz CT molecular complexity index is 423. The summed E-state index contributed by atoms with van der Waals surface area (Å²) in [5, 5.41) is 2.97. The van der Waals surface area contributed by atoms with Crippen molar-refractivity contribution in [1.29, 1.82) is 0 Å². The lowest BCUT2D eigenvalue weighted by Crippen LogP contribution is -2.45. The topological polar surface area (TPSA) is 73.6 Å². The van der Waals surface area contributed by atoms with Crippen LogP contribution in [-0.2, 0) is 9.53 Å². The van der Waals surface area contributed by atoms with Crippen molar-refractivity contribution in [1.82, 2.24) is 5.32 Å². The number of amides is 1. The summed E-state index contributed by atoms with van der Waals surface area (Å²) in [5.41, 5.74) is 6.77. The largest absolute Gasteiger partial charge is 0.497 e. The number of hydrogen-bond acceptors (Lipinski definition) is 4. The average molecular weight is 317 g/mol. The number of ether oxygens (including phenoxy) is 2. The molecule has 1 rings (SSSR count). The average Bonchev–Trinajstić information content (AvgIpc) is 2.44. The molecule has 2 unspecified atom stereocenters. The van der Waals surface area contributed by atoms with Crippen LogP contribution in [0, 0.1) is 5.92 Å². The van der Waals surface area contributed by atoms with Gasteiger partial charge in [0.05, 0.1) is 19.8 Å². The summed E-state index contributed by atoms with van der Waals surface area (Å²) in [6.45, 7) is 4.31. The quantitative estimate of drug-likeness (QED) is 0.806. The Balaban J connectivity index is 0.00000400. The number of nitrogens with two attached hydrogens (primary N) is 1. The molecule has 0 aliphatic rings. The summed E-state index contributed by atoms with van der Waals surface area (Å²) in [4.78, 5) is 12.0. The van der Waals surface area contributed by atoms with E-state index in [1.165, 1.54) is 7.11 Å². The van der Waals surface area contributed by atoms with Crippen molar-refractivity contribution in [3.05, 3.63) is 29.8 Å². The SMILES string of the molecule is COCC(N)C(=O)NC(c1ccc(OC)cc1)C(C)C.Cl. The molecule has 0 saturated heterocycles. The first-order valence-corrected chi connectivity index (χ1v) is 6.68. The van der Waals surface area contributed by atoms with Crippen molar-refractivity contribution in [2.75, 3.05) is 20.8 Å². The fraction of sp³-hybridized carbons (Fsp3) is 0.533. The summed E-state index contributed by atoms with van der Waals surface area (Å²) in [6, 6.07) is 6.92. The van der Waals surface area contributed by atoms with Crippen LogP contribution in [0.5, 0.6) is 5.75 Å². The van der Waals surface area contributed by atoms with Gasteiger partial charge in [-0.15, -0.1) is 12.4 Å². The fourth-order valence-electron chi connectivity index (χ4n) is 1.96. The standard InChI is InChI=1S/C15H24N2O3.ClH/c1-10(2)14(17-15(18)13(16)9-19-3)11-5-7-12(20-4)8-6-11;/h5-8,10,13-14H,9,16H2,1-4H3,(H,17,18);1H. The normalized spacial score (nSPS) is 13.2. The number of rotatable bonds is 7. The summed E-state index contributed by atoms with van der Waals surface area (Å²) in [5.74, 6) is 0.835. The molecule has 0 saturated carbocycles. The van der Waals surface area contributed by atoms with Gasteiger partial charge in [-0.2, -0.15) is 0 Å². The van der Waals surface area contributed by atoms with Gasteiger partial charge in [0.2, 0.25) is 5.91 Å². The third-order valence-corrected chi connectivity index (χ3v) is 3.12. The smallest absolute Gasteiger partial charge is 0.239 e. The highest BCUT2D eigenvalue weighted by atomic mass is 35.5. The predicted octanol–water partition coefficient (Wildman–Crippen LogP) is 1.90. The van der Waals surface area contributed by atoms with Crippen LogP contribution >= 0.6 is 12.4 Å². The molecule has 0 aromatic heterocycles. The molecule has 2 atom stereocenters. The molecule has 0 spiro atoms. The minimum Gasteiger partial charge on any atom is -0.497 e. The first kappa shape index (κ1) is 19.7. The zero-order chi connectivity index (χ0) is 15.1. The lowest BCUT2D eigenvalue weighted by atomic mass is 9.95. The molecule has 5 nitrogen and oxygen atoms in total. The van der Waals surface area contributed by atoms with Crippen LogP contribution in [-0.4, -0.2) is 32.8 Å². The van der Waals surface area contributed by atoms with Gasteiger partial charge < -0.3 is 20.5 Å². The Labute approximate surface area is 132 Å². The van der Waals surface area contributed by atoms with Crippen LogP contribution in [0.3, 0.4) is 0 Å². The molecule has 1 amide bonds. The molecule has 0 fully saturated rings. The molecule has 3 N–H and O–H groups in total. The van der Waals surface area contributed by atoms with Crippen molar-refractivity contribution < 1.29 is 14.3 Å². The van der Waals surface area contributed by atoms with Crippen LogP contribution in [0.25, 0.3) is 0 Å². The van der Waals surface area contributed by atoms with Gasteiger partial charge in [-0.05, 0) is 23.6 Å². The van der Waals surface area contributed by atoms with Crippen molar-refractivity contribution in [3.63, 3.8) is 0 Å². The lowest BCUT2D eigenvalue weighted by Gasteiger charge is -2.24. The molecule has 0 heterocycles. The highest BCUT2D eigenvalue weighted by Crippen LogP contribution is 2.23. The van der Waals surface area contributed by atoms with E-state index in [0.29, 0.717) is 0 Å². The Hall–Kier alpha value is -1.30. The van der Waals surface area contributed by atoms with E-state index in [1.807, 2.05) is 24.3 Å². The summed E-state index contributed by atoms with van der Waals surface area (Å²) in [6.07, 6.45) is 0. The highest BCUT2D eigenvalue weighted by Gasteiger charge is 2.21. The number of halogens is 1. The maximum atomic E-state index is 12.0. The first-order valence-electron chi connectivity index (χ1n) is 6.68. The van der Waals surface area contributed by atoms with Crippen molar-refractivity contribution in [2.24, 2.45) is 11.7 Å². The third kappa shape index (κ3) is 5.91. The number of benzene rings is 1. The Morgan fingerprint density at radius 2 is 1.81 bits per heavy atom. The lowest BCUT2D eigenvalue weighted by molar-refractivity contribution is -0.124. The van der Waals surface area contributed by atoms with Crippen molar-refractivity contribution in [2.45, 2.75) is 25.9 Å². The summed E-state index contributed by atoms with van der Waals surface area (Å²) < 4.78 is 10.0. The number of carbonyl (C=O) groups excluding carboxylic acids is 1. The van der Waals surface area contributed by atoms with Crippen LogP contribution < -0.4 is 15.8 Å². The molecule has 1 aromatic rings. The van der Waals surface area contributed by atoms with Gasteiger partial charge in [0.25, 0.3) is 0 Å². The van der Waals surface area contributed by atoms with E-state index < -0.39 is 6.04 Å². The van der Waals surface area contributed by atoms with Crippen LogP contribution in [0.4, 0.5) is 0 Å². The molecular weight excluding hydrogens is 292 g/mol. The van der Waals surface area contributed by atoms with E-state index in [0.717, 1.165) is 11.3 Å². The molecule has 0 bridgehead atoms. The van der Waals surface area contributed by atoms with Crippen molar-refractivity contribution >= 4 is 18.3 Å². The van der Waals surface area contributed by atoms with E-state index in [4.69, 9.17) is 15.2 Å². The highest BCUT2D eigenvalue weighted by molar-refractivity contribution is 5.85. The molecule has 0 aliphatic heterocycles. The molecule has 120 valence electrons. The second kappa shape index (κ2) is 9.60. The molecule has 0 radical (unpaired) electrons. The molecule has 1 aromatic carbocycles. The van der Waals surface area contributed by atoms with Gasteiger partial charge in [-0.25, -0.2) is 0 Å². The van der Waals surface area contributed by atoms with Gasteiger partial charge in [0.1, 0.15) is 11.8 Å². The van der Waals surface area contributed by atoms with Gasteiger partial charge in [-0.1, -0.05) is 26.0 Å². The van der Waals surface area contributed by atoms with Gasteiger partial charge in [0.15, 0.2) is 0 Å². The minimum absolute atomic E-state index is 0. The first-order chi connectivity index (χ1) is 9.49. The number of carbonyl (C=O) groups is 1. The van der Waals surface area contributed by atoms with E-state index >= 15 is 0 Å². The van der Waals surface area contributed by atoms with Crippen LogP contribution in [0.2, 0.25) is 0 Å². The second-order valence-electron chi connectivity index (χ2n) is 5.07. The molecule has 6 heteroatoms. The monoisotopic (exact) mass is 316 g/mol. The maximum absolute atomic E-state index is 12.0. The van der Waals surface area contributed by atoms with E-state index in [9.17, 15) is 4.79 Å². The van der Waals surface area contributed by atoms with Crippen molar-refractivity contribution in [3.8, 4) is 5.75 Å². The maximum Gasteiger partial charge on any atom is 0.239 e. The van der Waals surface area contributed by atoms with E-state index in [1.54, 1.807) is 7.11 Å². The van der Waals surface area contributed by atoms with Crippen LogP contribution in [0.15, 0.2) is 24.3 Å². The number of methoxy groups -OCH3 is 2. The number of hydrogen-bond donors (Lipinski definition) is 2. The second-order valence-corrected chi connectivity index (χ2v) is 5.07. The zero-order valence-electron chi connectivity index (χ0n) is 13.0. The third-order valence-electron chi connectivity index (χ3n) is 3.12. The van der Waals surface area contributed by atoms with Gasteiger partial charge in [0, 0.05) is 7.11 Å². The number of nitrogens with one attached hydrogen (secondary N) is 1. The zero-order valence-corrected chi connectivity index (χ0v) is 13.8. The molecule has 21 heavy (non-hydrogen) atoms. The molecular formula is C15H25ClN2O3.